The maximum absolute atomic E-state index is 6.76. The first kappa shape index (κ1) is 17.0. The van der Waals surface area contributed by atoms with Crippen LogP contribution in [0.4, 0.5) is 0 Å². The summed E-state index contributed by atoms with van der Waals surface area (Å²) in [5, 5.41) is 0. The summed E-state index contributed by atoms with van der Waals surface area (Å²) in [6.45, 7) is 11.1. The molecule has 0 aromatic rings. The average Bonchev–Trinajstić information content (AvgIpc) is 2.36. The molecule has 0 heterocycles. The zero-order valence-electron chi connectivity index (χ0n) is 13.8. The highest BCUT2D eigenvalue weighted by atomic mass is 14.8. The van der Waals surface area contributed by atoms with Crippen LogP contribution in [0, 0.1) is 23.7 Å². The van der Waals surface area contributed by atoms with Crippen molar-refractivity contribution in [2.24, 2.45) is 35.1 Å². The van der Waals surface area contributed by atoms with Crippen LogP contribution in [0.5, 0.6) is 0 Å². The van der Waals surface area contributed by atoms with Crippen molar-refractivity contribution in [1.29, 1.82) is 0 Å². The van der Waals surface area contributed by atoms with Gasteiger partial charge in [-0.15, -0.1) is 0 Å². The molecule has 0 spiro atoms. The van der Waals surface area contributed by atoms with Gasteiger partial charge in [0.05, 0.1) is 0 Å². The van der Waals surface area contributed by atoms with Crippen LogP contribution in [-0.4, -0.2) is 11.6 Å². The van der Waals surface area contributed by atoms with Gasteiger partial charge in [-0.1, -0.05) is 34.6 Å². The molecule has 0 saturated heterocycles. The van der Waals surface area contributed by atoms with E-state index >= 15 is 0 Å². The van der Waals surface area contributed by atoms with Gasteiger partial charge in [-0.05, 0) is 62.2 Å². The van der Waals surface area contributed by atoms with E-state index in [0.717, 1.165) is 37.0 Å². The van der Waals surface area contributed by atoms with E-state index in [9.17, 15) is 0 Å². The lowest BCUT2D eigenvalue weighted by Crippen LogP contribution is -2.55. The predicted octanol–water partition coefficient (Wildman–Crippen LogP) is 3.93. The molecular formula is C17H36N2. The third-order valence-corrected chi connectivity index (χ3v) is 5.37. The lowest BCUT2D eigenvalue weighted by Gasteiger charge is -2.48. The maximum Gasteiger partial charge on any atom is 0.0186 e. The van der Waals surface area contributed by atoms with Gasteiger partial charge in [-0.3, -0.25) is 0 Å². The minimum atomic E-state index is 0.0816. The molecule has 2 nitrogen and oxygen atoms in total. The van der Waals surface area contributed by atoms with Gasteiger partial charge in [-0.25, -0.2) is 0 Å². The first-order chi connectivity index (χ1) is 8.90. The van der Waals surface area contributed by atoms with Crippen molar-refractivity contribution in [3.05, 3.63) is 0 Å². The Morgan fingerprint density at radius 1 is 0.947 bits per heavy atom. The van der Waals surface area contributed by atoms with Crippen LogP contribution in [0.1, 0.15) is 73.1 Å². The molecule has 0 aliphatic heterocycles. The highest BCUT2D eigenvalue weighted by Crippen LogP contribution is 2.44. The van der Waals surface area contributed by atoms with Gasteiger partial charge in [0.2, 0.25) is 0 Å². The van der Waals surface area contributed by atoms with Gasteiger partial charge >= 0.3 is 0 Å². The molecule has 5 unspecified atom stereocenters. The van der Waals surface area contributed by atoms with Crippen LogP contribution in [0.2, 0.25) is 0 Å². The van der Waals surface area contributed by atoms with Crippen molar-refractivity contribution >= 4 is 0 Å². The van der Waals surface area contributed by atoms with Crippen molar-refractivity contribution in [3.63, 3.8) is 0 Å². The Balaban J connectivity index is 0.000000861. The van der Waals surface area contributed by atoms with E-state index in [0.29, 0.717) is 12.0 Å². The summed E-state index contributed by atoms with van der Waals surface area (Å²) < 4.78 is 0. The number of hydrogen-bond donors (Lipinski definition) is 2. The first-order valence-electron chi connectivity index (χ1n) is 8.45. The lowest BCUT2D eigenvalue weighted by molar-refractivity contribution is 0.0804. The molecule has 2 rings (SSSR count). The molecule has 4 N–H and O–H groups in total. The van der Waals surface area contributed by atoms with E-state index in [1.807, 2.05) is 13.8 Å². The molecule has 0 radical (unpaired) electrons. The van der Waals surface area contributed by atoms with Crippen LogP contribution in [-0.2, 0) is 0 Å². The van der Waals surface area contributed by atoms with Crippen molar-refractivity contribution in [2.75, 3.05) is 0 Å². The van der Waals surface area contributed by atoms with Crippen LogP contribution < -0.4 is 11.5 Å². The molecule has 19 heavy (non-hydrogen) atoms. The molecule has 2 heteroatoms. The van der Waals surface area contributed by atoms with E-state index in [2.05, 4.69) is 20.8 Å². The van der Waals surface area contributed by atoms with E-state index in [1.165, 1.54) is 19.3 Å². The Labute approximate surface area is 120 Å². The minimum Gasteiger partial charge on any atom is -0.327 e. The van der Waals surface area contributed by atoms with Crippen LogP contribution >= 0.6 is 0 Å². The van der Waals surface area contributed by atoms with Gasteiger partial charge in [0.1, 0.15) is 0 Å². The monoisotopic (exact) mass is 268 g/mol. The van der Waals surface area contributed by atoms with E-state index in [-0.39, 0.29) is 5.54 Å². The molecule has 114 valence electrons. The standard InChI is InChI=1S/C15H30N2.C2H6/c1-10-6-11(2)8-13(7-10)15(17)5-4-14(16)12(3)9-15;1-2/h10-14H,4-9,16-17H2,1-3H3;1-2H3. The summed E-state index contributed by atoms with van der Waals surface area (Å²) in [6, 6.07) is 0.380. The van der Waals surface area contributed by atoms with E-state index in [1.54, 1.807) is 0 Å². The Kier molecular flexibility index (Phi) is 6.32. The van der Waals surface area contributed by atoms with Crippen LogP contribution in [0.3, 0.4) is 0 Å². The number of nitrogens with two attached hydrogens (primary N) is 2. The molecule has 0 bridgehead atoms. The number of rotatable bonds is 1. The molecular weight excluding hydrogens is 232 g/mol. The summed E-state index contributed by atoms with van der Waals surface area (Å²) in [6.07, 6.45) is 7.46. The van der Waals surface area contributed by atoms with Crippen molar-refractivity contribution in [1.82, 2.24) is 0 Å². The SMILES string of the molecule is CC.CC1CC(C)CC(C2(N)CCC(N)C(C)C2)C1. The average molecular weight is 268 g/mol. The van der Waals surface area contributed by atoms with Crippen molar-refractivity contribution in [2.45, 2.75) is 84.7 Å². The van der Waals surface area contributed by atoms with Crippen molar-refractivity contribution in [3.8, 4) is 0 Å². The van der Waals surface area contributed by atoms with Crippen LogP contribution in [0.15, 0.2) is 0 Å². The maximum atomic E-state index is 6.76. The normalized spacial score (nSPS) is 47.2. The largest absolute Gasteiger partial charge is 0.327 e. The molecule has 0 amide bonds. The Morgan fingerprint density at radius 3 is 1.95 bits per heavy atom. The van der Waals surface area contributed by atoms with Gasteiger partial charge < -0.3 is 11.5 Å². The summed E-state index contributed by atoms with van der Waals surface area (Å²) in [4.78, 5) is 0. The summed E-state index contributed by atoms with van der Waals surface area (Å²) in [5.41, 5.74) is 13.0. The molecule has 2 saturated carbocycles. The Bertz CT molecular complexity index is 256. The van der Waals surface area contributed by atoms with Gasteiger partial charge in [0, 0.05) is 11.6 Å². The minimum absolute atomic E-state index is 0.0816. The quantitative estimate of drug-likeness (QED) is 0.757. The summed E-state index contributed by atoms with van der Waals surface area (Å²) in [7, 11) is 0. The predicted molar refractivity (Wildman–Crippen MR) is 84.9 cm³/mol. The second-order valence-corrected chi connectivity index (χ2v) is 7.23. The van der Waals surface area contributed by atoms with E-state index < -0.39 is 0 Å². The first-order valence-corrected chi connectivity index (χ1v) is 8.45. The second-order valence-electron chi connectivity index (χ2n) is 7.23. The second kappa shape index (κ2) is 7.08. The van der Waals surface area contributed by atoms with Crippen molar-refractivity contribution < 1.29 is 0 Å². The van der Waals surface area contributed by atoms with Gasteiger partial charge in [0.25, 0.3) is 0 Å². The topological polar surface area (TPSA) is 52.0 Å². The smallest absolute Gasteiger partial charge is 0.0186 e. The zero-order valence-corrected chi connectivity index (χ0v) is 13.8. The zero-order chi connectivity index (χ0) is 14.6. The van der Waals surface area contributed by atoms with Gasteiger partial charge in [-0.2, -0.15) is 0 Å². The fraction of sp³-hybridized carbons (Fsp3) is 1.00. The molecule has 0 aromatic carbocycles. The number of hydrogen-bond acceptors (Lipinski definition) is 2. The fourth-order valence-corrected chi connectivity index (χ4v) is 4.36. The summed E-state index contributed by atoms with van der Waals surface area (Å²) >= 11 is 0. The van der Waals surface area contributed by atoms with Gasteiger partial charge in [0.15, 0.2) is 0 Å². The third-order valence-electron chi connectivity index (χ3n) is 5.37. The molecule has 2 aliphatic carbocycles. The molecule has 0 aromatic heterocycles. The Morgan fingerprint density at radius 2 is 1.47 bits per heavy atom. The Hall–Kier alpha value is -0.0800. The molecule has 5 atom stereocenters. The molecule has 2 aliphatic rings. The highest BCUT2D eigenvalue weighted by Gasteiger charge is 2.43. The lowest BCUT2D eigenvalue weighted by atomic mass is 9.61. The fourth-order valence-electron chi connectivity index (χ4n) is 4.36. The summed E-state index contributed by atoms with van der Waals surface area (Å²) in [5.74, 6) is 3.04. The van der Waals surface area contributed by atoms with Crippen LogP contribution in [0.25, 0.3) is 0 Å². The van der Waals surface area contributed by atoms with E-state index in [4.69, 9.17) is 11.5 Å². The highest BCUT2D eigenvalue weighted by molar-refractivity contribution is 5.00. The molecule has 2 fully saturated rings. The third kappa shape index (κ3) is 4.19.